The standard InChI is InChI=1S/C44H35BN6/c1-3-11-30(12-4-1)33-26-41-43-42(27-33)51(34-13-5-2-6-14-34)40-25-32(38-16-9-10-24-47-38)20-23-37(40)45(43)36-15-7-8-17-39(36)50(41)35-21-18-31(19-22-35)44-48-28-46-29-49-44/h2,5-10,13-30H,1,3-4,11-12H2. The average Bonchev–Trinajstić information content (AvgIpc) is 3.22. The summed E-state index contributed by atoms with van der Waals surface area (Å²) in [6.07, 6.45) is 11.3. The molecule has 4 heterocycles. The summed E-state index contributed by atoms with van der Waals surface area (Å²) >= 11 is 0. The molecule has 3 aliphatic rings. The van der Waals surface area contributed by atoms with Gasteiger partial charge in [0, 0.05) is 51.4 Å². The van der Waals surface area contributed by atoms with Crippen molar-refractivity contribution in [1.29, 1.82) is 0 Å². The van der Waals surface area contributed by atoms with E-state index in [0.717, 1.165) is 28.2 Å². The second-order valence-electron chi connectivity index (χ2n) is 13.8. The highest BCUT2D eigenvalue weighted by Crippen LogP contribution is 2.47. The second-order valence-corrected chi connectivity index (χ2v) is 13.8. The zero-order valence-corrected chi connectivity index (χ0v) is 28.2. The molecule has 2 aromatic heterocycles. The van der Waals surface area contributed by atoms with E-state index in [2.05, 4.69) is 146 Å². The molecule has 244 valence electrons. The Morgan fingerprint density at radius 3 is 1.96 bits per heavy atom. The number of para-hydroxylation sites is 2. The third-order valence-electron chi connectivity index (χ3n) is 10.9. The van der Waals surface area contributed by atoms with E-state index in [0.29, 0.717) is 11.7 Å². The van der Waals surface area contributed by atoms with E-state index in [1.807, 2.05) is 12.3 Å². The monoisotopic (exact) mass is 658 g/mol. The number of hydrogen-bond acceptors (Lipinski definition) is 6. The number of fused-ring (bicyclic) bond motifs is 4. The molecule has 0 radical (unpaired) electrons. The highest BCUT2D eigenvalue weighted by atomic mass is 15.2. The minimum Gasteiger partial charge on any atom is -0.311 e. The van der Waals surface area contributed by atoms with Crippen LogP contribution in [0.1, 0.15) is 43.6 Å². The maximum Gasteiger partial charge on any atom is 0.252 e. The van der Waals surface area contributed by atoms with Crippen LogP contribution >= 0.6 is 0 Å². The van der Waals surface area contributed by atoms with Crippen molar-refractivity contribution in [3.63, 3.8) is 0 Å². The van der Waals surface area contributed by atoms with Crippen molar-refractivity contribution in [2.24, 2.45) is 0 Å². The van der Waals surface area contributed by atoms with Gasteiger partial charge in [-0.05, 0) is 114 Å². The molecule has 5 aromatic carbocycles. The maximum absolute atomic E-state index is 4.75. The molecule has 0 spiro atoms. The summed E-state index contributed by atoms with van der Waals surface area (Å²) in [6, 6.07) is 46.7. The van der Waals surface area contributed by atoms with E-state index in [1.54, 1.807) is 12.7 Å². The first kappa shape index (κ1) is 29.8. The quantitative estimate of drug-likeness (QED) is 0.173. The molecule has 0 unspecified atom stereocenters. The highest BCUT2D eigenvalue weighted by molar-refractivity contribution is 7.00. The molecule has 6 nitrogen and oxygen atoms in total. The van der Waals surface area contributed by atoms with Crippen molar-refractivity contribution in [1.82, 2.24) is 19.9 Å². The number of rotatable bonds is 5. The maximum atomic E-state index is 4.75. The summed E-state index contributed by atoms with van der Waals surface area (Å²) in [5.41, 5.74) is 15.6. The summed E-state index contributed by atoms with van der Waals surface area (Å²) in [7, 11) is 0. The van der Waals surface area contributed by atoms with Gasteiger partial charge in [0.2, 0.25) is 0 Å². The van der Waals surface area contributed by atoms with Crippen molar-refractivity contribution >= 4 is 57.2 Å². The Bertz CT molecular complexity index is 2360. The van der Waals surface area contributed by atoms with Gasteiger partial charge in [0.15, 0.2) is 5.82 Å². The highest BCUT2D eigenvalue weighted by Gasteiger charge is 2.43. The predicted molar refractivity (Wildman–Crippen MR) is 208 cm³/mol. The lowest BCUT2D eigenvalue weighted by Crippen LogP contribution is -2.61. The van der Waals surface area contributed by atoms with Crippen LogP contribution in [0.2, 0.25) is 0 Å². The van der Waals surface area contributed by atoms with Crippen LogP contribution in [0.3, 0.4) is 0 Å². The molecule has 1 saturated carbocycles. The topological polar surface area (TPSA) is 58.0 Å². The first-order valence-corrected chi connectivity index (χ1v) is 18.0. The smallest absolute Gasteiger partial charge is 0.252 e. The molecule has 2 aliphatic heterocycles. The van der Waals surface area contributed by atoms with E-state index in [1.165, 1.54) is 76.8 Å². The lowest BCUT2D eigenvalue weighted by molar-refractivity contribution is 0.444. The van der Waals surface area contributed by atoms with E-state index >= 15 is 0 Å². The Balaban J connectivity index is 1.24. The van der Waals surface area contributed by atoms with Crippen LogP contribution in [0, 0.1) is 0 Å². The largest absolute Gasteiger partial charge is 0.311 e. The molecule has 0 amide bonds. The van der Waals surface area contributed by atoms with Crippen LogP contribution in [-0.2, 0) is 0 Å². The predicted octanol–water partition coefficient (Wildman–Crippen LogP) is 8.73. The minimum absolute atomic E-state index is 0.0695. The van der Waals surface area contributed by atoms with Gasteiger partial charge < -0.3 is 9.80 Å². The number of pyridine rings is 1. The van der Waals surface area contributed by atoms with Crippen molar-refractivity contribution < 1.29 is 0 Å². The van der Waals surface area contributed by atoms with Crippen molar-refractivity contribution in [2.45, 2.75) is 38.0 Å². The molecular weight excluding hydrogens is 623 g/mol. The summed E-state index contributed by atoms with van der Waals surface area (Å²) < 4.78 is 0. The molecule has 10 rings (SSSR count). The SMILES string of the molecule is c1ccc(N2c3cc(-c4ccccn4)ccc3B3c4ccccc4N(c4ccc(-c5ncncn5)cc4)c4cc(C5CCCCC5)cc2c43)cc1. The van der Waals surface area contributed by atoms with Crippen molar-refractivity contribution in [3.05, 3.63) is 152 Å². The van der Waals surface area contributed by atoms with E-state index in [4.69, 9.17) is 4.98 Å². The van der Waals surface area contributed by atoms with Gasteiger partial charge in [0.25, 0.3) is 6.71 Å². The lowest BCUT2D eigenvalue weighted by Gasteiger charge is -2.45. The first-order chi connectivity index (χ1) is 25.3. The van der Waals surface area contributed by atoms with Crippen molar-refractivity contribution in [2.75, 3.05) is 9.80 Å². The Labute approximate surface area is 298 Å². The van der Waals surface area contributed by atoms with E-state index < -0.39 is 0 Å². The fourth-order valence-corrected chi connectivity index (χ4v) is 8.61. The Hall–Kier alpha value is -6.08. The average molecular weight is 659 g/mol. The Kier molecular flexibility index (Phi) is 7.22. The van der Waals surface area contributed by atoms with Gasteiger partial charge in [-0.3, -0.25) is 4.98 Å². The Morgan fingerprint density at radius 2 is 1.20 bits per heavy atom. The van der Waals surface area contributed by atoms with Gasteiger partial charge in [0.05, 0.1) is 5.69 Å². The lowest BCUT2D eigenvalue weighted by atomic mass is 9.33. The zero-order chi connectivity index (χ0) is 33.7. The molecule has 0 N–H and O–H groups in total. The molecule has 1 fully saturated rings. The van der Waals surface area contributed by atoms with E-state index in [9.17, 15) is 0 Å². The zero-order valence-electron chi connectivity index (χ0n) is 28.2. The Morgan fingerprint density at radius 1 is 0.529 bits per heavy atom. The number of anilines is 6. The van der Waals surface area contributed by atoms with Crippen LogP contribution in [0.15, 0.2) is 146 Å². The van der Waals surface area contributed by atoms with Gasteiger partial charge in [-0.25, -0.2) is 15.0 Å². The van der Waals surface area contributed by atoms with Crippen LogP contribution in [-0.4, -0.2) is 26.6 Å². The normalized spacial score (nSPS) is 14.9. The van der Waals surface area contributed by atoms with Crippen molar-refractivity contribution in [3.8, 4) is 22.6 Å². The van der Waals surface area contributed by atoms with Crippen LogP contribution < -0.4 is 26.2 Å². The minimum atomic E-state index is 0.0695. The summed E-state index contributed by atoms with van der Waals surface area (Å²) in [4.78, 5) is 22.6. The number of hydrogen-bond donors (Lipinski definition) is 0. The third kappa shape index (κ3) is 5.03. The van der Waals surface area contributed by atoms with Crippen LogP contribution in [0.5, 0.6) is 0 Å². The third-order valence-corrected chi connectivity index (χ3v) is 10.9. The molecule has 0 atom stereocenters. The van der Waals surface area contributed by atoms with Crippen LogP contribution in [0.4, 0.5) is 34.1 Å². The number of benzene rings is 5. The van der Waals surface area contributed by atoms with Gasteiger partial charge in [-0.2, -0.15) is 0 Å². The molecule has 7 heteroatoms. The number of aromatic nitrogens is 4. The molecule has 0 bridgehead atoms. The van der Waals surface area contributed by atoms with E-state index in [-0.39, 0.29) is 6.71 Å². The van der Waals surface area contributed by atoms with Gasteiger partial charge in [-0.15, -0.1) is 0 Å². The summed E-state index contributed by atoms with van der Waals surface area (Å²) in [5, 5.41) is 0. The summed E-state index contributed by atoms with van der Waals surface area (Å²) in [5.74, 6) is 1.20. The fraction of sp³-hybridized carbons (Fsp3) is 0.136. The molecule has 7 aromatic rings. The second kappa shape index (κ2) is 12.4. The summed E-state index contributed by atoms with van der Waals surface area (Å²) in [6.45, 7) is 0.0695. The fourth-order valence-electron chi connectivity index (χ4n) is 8.61. The molecule has 0 saturated heterocycles. The van der Waals surface area contributed by atoms with Gasteiger partial charge >= 0.3 is 0 Å². The van der Waals surface area contributed by atoms with Crippen LogP contribution in [0.25, 0.3) is 22.6 Å². The molecular formula is C44H35BN6. The molecule has 1 aliphatic carbocycles. The van der Waals surface area contributed by atoms with Gasteiger partial charge in [0.1, 0.15) is 12.7 Å². The number of nitrogens with zero attached hydrogens (tertiary/aromatic N) is 6. The first-order valence-electron chi connectivity index (χ1n) is 18.0. The van der Waals surface area contributed by atoms with Gasteiger partial charge in [-0.1, -0.05) is 73.9 Å². The molecule has 51 heavy (non-hydrogen) atoms.